The zero-order chi connectivity index (χ0) is 15.5. The second-order valence-electron chi connectivity index (χ2n) is 5.29. The number of nitrogens with two attached hydrogens (primary N) is 1. The van der Waals surface area contributed by atoms with Crippen LogP contribution in [-0.2, 0) is 6.42 Å². The quantitative estimate of drug-likeness (QED) is 0.848. The summed E-state index contributed by atoms with van der Waals surface area (Å²) in [5, 5.41) is 3.26. The Kier molecular flexibility index (Phi) is 4.96. The summed E-state index contributed by atoms with van der Waals surface area (Å²) in [4.78, 5) is 0. The summed E-state index contributed by atoms with van der Waals surface area (Å²) in [6, 6.07) is 11.3. The number of hydrogen-bond donors (Lipinski definition) is 2. The van der Waals surface area contributed by atoms with Crippen LogP contribution in [0, 0.1) is 11.6 Å². The predicted molar refractivity (Wildman–Crippen MR) is 85.3 cm³/mol. The Bertz CT molecular complexity index is 633. The Labute approximate surface area is 131 Å². The molecular weight excluding hydrogens is 338 g/mol. The normalized spacial score (nSPS) is 13.8. The number of nitrogens with one attached hydrogen (secondary N) is 1. The first kappa shape index (κ1) is 15.9. The van der Waals surface area contributed by atoms with E-state index in [-0.39, 0.29) is 11.6 Å². The van der Waals surface area contributed by atoms with Crippen molar-refractivity contribution >= 4 is 21.6 Å². The van der Waals surface area contributed by atoms with Gasteiger partial charge >= 0.3 is 0 Å². The average Bonchev–Trinajstić information content (AvgIpc) is 2.45. The first-order valence-electron chi connectivity index (χ1n) is 6.60. The van der Waals surface area contributed by atoms with Gasteiger partial charge in [0.1, 0.15) is 11.6 Å². The standard InChI is InChI=1S/C16H17BrF2N2/c1-16(10-20,9-11-4-2-3-5-14(11)18)21-12-6-7-15(19)13(17)8-12/h2-8,21H,9-10,20H2,1H3. The number of hydrogen-bond acceptors (Lipinski definition) is 2. The van der Waals surface area contributed by atoms with Gasteiger partial charge in [-0.1, -0.05) is 18.2 Å². The van der Waals surface area contributed by atoms with E-state index in [1.54, 1.807) is 30.3 Å². The molecule has 0 radical (unpaired) electrons. The van der Waals surface area contributed by atoms with Crippen molar-refractivity contribution in [2.45, 2.75) is 18.9 Å². The third-order valence-electron chi connectivity index (χ3n) is 3.35. The minimum Gasteiger partial charge on any atom is -0.378 e. The smallest absolute Gasteiger partial charge is 0.137 e. The first-order chi connectivity index (χ1) is 9.93. The van der Waals surface area contributed by atoms with Gasteiger partial charge in [-0.25, -0.2) is 8.78 Å². The zero-order valence-corrected chi connectivity index (χ0v) is 13.3. The van der Waals surface area contributed by atoms with Gasteiger partial charge in [-0.05, 0) is 59.1 Å². The monoisotopic (exact) mass is 354 g/mol. The van der Waals surface area contributed by atoms with Crippen LogP contribution in [0.4, 0.5) is 14.5 Å². The topological polar surface area (TPSA) is 38.0 Å². The maximum Gasteiger partial charge on any atom is 0.137 e. The summed E-state index contributed by atoms with van der Waals surface area (Å²) in [6.45, 7) is 2.23. The summed E-state index contributed by atoms with van der Waals surface area (Å²) < 4.78 is 27.4. The van der Waals surface area contributed by atoms with Crippen molar-refractivity contribution in [3.05, 3.63) is 64.1 Å². The molecule has 1 atom stereocenters. The van der Waals surface area contributed by atoms with Crippen molar-refractivity contribution in [2.75, 3.05) is 11.9 Å². The van der Waals surface area contributed by atoms with Gasteiger partial charge in [0.25, 0.3) is 0 Å². The van der Waals surface area contributed by atoms with Gasteiger partial charge in [0.2, 0.25) is 0 Å². The highest BCUT2D eigenvalue weighted by molar-refractivity contribution is 9.10. The van der Waals surface area contributed by atoms with E-state index in [1.165, 1.54) is 12.1 Å². The highest BCUT2D eigenvalue weighted by atomic mass is 79.9. The van der Waals surface area contributed by atoms with Crippen LogP contribution in [0.5, 0.6) is 0 Å². The molecule has 0 spiro atoms. The van der Waals surface area contributed by atoms with Crippen LogP contribution in [0.25, 0.3) is 0 Å². The SMILES string of the molecule is CC(CN)(Cc1ccccc1F)Nc1ccc(F)c(Br)c1. The molecule has 2 aromatic carbocycles. The highest BCUT2D eigenvalue weighted by Gasteiger charge is 2.24. The van der Waals surface area contributed by atoms with Crippen LogP contribution in [0.15, 0.2) is 46.9 Å². The van der Waals surface area contributed by atoms with Gasteiger partial charge in [0, 0.05) is 12.2 Å². The Hall–Kier alpha value is -1.46. The summed E-state index contributed by atoms with van der Waals surface area (Å²) in [5.41, 5.74) is 6.65. The lowest BCUT2D eigenvalue weighted by molar-refractivity contribution is 0.501. The first-order valence-corrected chi connectivity index (χ1v) is 7.39. The van der Waals surface area contributed by atoms with E-state index in [4.69, 9.17) is 5.73 Å². The van der Waals surface area contributed by atoms with Crippen LogP contribution in [0.3, 0.4) is 0 Å². The molecule has 0 fully saturated rings. The van der Waals surface area contributed by atoms with E-state index >= 15 is 0 Å². The molecule has 0 aliphatic heterocycles. The molecule has 0 saturated carbocycles. The lowest BCUT2D eigenvalue weighted by atomic mass is 9.92. The Morgan fingerprint density at radius 2 is 1.86 bits per heavy atom. The van der Waals surface area contributed by atoms with Crippen LogP contribution in [0.1, 0.15) is 12.5 Å². The average molecular weight is 355 g/mol. The summed E-state index contributed by atoms with van der Waals surface area (Å²) in [6.07, 6.45) is 0.436. The molecule has 0 amide bonds. The van der Waals surface area contributed by atoms with E-state index in [0.29, 0.717) is 23.0 Å². The molecule has 2 aromatic rings. The second-order valence-corrected chi connectivity index (χ2v) is 6.14. The molecule has 3 N–H and O–H groups in total. The number of anilines is 1. The Morgan fingerprint density at radius 3 is 2.48 bits per heavy atom. The Balaban J connectivity index is 2.21. The van der Waals surface area contributed by atoms with E-state index in [9.17, 15) is 8.78 Å². The lowest BCUT2D eigenvalue weighted by Gasteiger charge is -2.31. The maximum atomic E-state index is 13.8. The van der Waals surface area contributed by atoms with Gasteiger partial charge in [0.05, 0.1) is 10.0 Å². The van der Waals surface area contributed by atoms with E-state index in [0.717, 1.165) is 5.69 Å². The van der Waals surface area contributed by atoms with Crippen LogP contribution < -0.4 is 11.1 Å². The fourth-order valence-electron chi connectivity index (χ4n) is 2.15. The summed E-state index contributed by atoms with van der Waals surface area (Å²) in [7, 11) is 0. The zero-order valence-electron chi connectivity index (χ0n) is 11.7. The van der Waals surface area contributed by atoms with Crippen molar-refractivity contribution in [1.82, 2.24) is 0 Å². The van der Waals surface area contributed by atoms with Crippen LogP contribution in [0.2, 0.25) is 0 Å². The third-order valence-corrected chi connectivity index (χ3v) is 3.96. The molecule has 2 rings (SSSR count). The van der Waals surface area contributed by atoms with Crippen molar-refractivity contribution in [1.29, 1.82) is 0 Å². The van der Waals surface area contributed by atoms with Crippen molar-refractivity contribution < 1.29 is 8.78 Å². The second kappa shape index (κ2) is 6.54. The van der Waals surface area contributed by atoms with Gasteiger partial charge < -0.3 is 11.1 Å². The highest BCUT2D eigenvalue weighted by Crippen LogP contribution is 2.24. The minimum absolute atomic E-state index is 0.251. The van der Waals surface area contributed by atoms with Crippen LogP contribution >= 0.6 is 15.9 Å². The van der Waals surface area contributed by atoms with Gasteiger partial charge in [-0.3, -0.25) is 0 Å². The molecule has 0 saturated heterocycles. The van der Waals surface area contributed by atoms with Crippen molar-refractivity contribution in [3.63, 3.8) is 0 Å². The molecule has 21 heavy (non-hydrogen) atoms. The van der Waals surface area contributed by atoms with E-state index < -0.39 is 5.54 Å². The number of halogens is 3. The lowest BCUT2D eigenvalue weighted by Crippen LogP contribution is -2.44. The maximum absolute atomic E-state index is 13.8. The molecule has 0 aliphatic carbocycles. The molecular formula is C16H17BrF2N2. The molecule has 5 heteroatoms. The van der Waals surface area contributed by atoms with Crippen LogP contribution in [-0.4, -0.2) is 12.1 Å². The summed E-state index contributed by atoms with van der Waals surface area (Å²) >= 11 is 3.15. The molecule has 0 heterocycles. The third kappa shape index (κ3) is 4.02. The number of benzene rings is 2. The van der Waals surface area contributed by atoms with Crippen molar-refractivity contribution in [2.24, 2.45) is 5.73 Å². The van der Waals surface area contributed by atoms with Gasteiger partial charge in [-0.2, -0.15) is 0 Å². The molecule has 2 nitrogen and oxygen atoms in total. The van der Waals surface area contributed by atoms with Gasteiger partial charge in [-0.15, -0.1) is 0 Å². The molecule has 0 bridgehead atoms. The fraction of sp³-hybridized carbons (Fsp3) is 0.250. The fourth-order valence-corrected chi connectivity index (χ4v) is 2.53. The molecule has 1 unspecified atom stereocenters. The van der Waals surface area contributed by atoms with Crippen molar-refractivity contribution in [3.8, 4) is 0 Å². The number of rotatable bonds is 5. The summed E-state index contributed by atoms with van der Waals surface area (Å²) in [5.74, 6) is -0.580. The molecule has 0 aliphatic rings. The Morgan fingerprint density at radius 1 is 1.14 bits per heavy atom. The van der Waals surface area contributed by atoms with Gasteiger partial charge in [0.15, 0.2) is 0 Å². The van der Waals surface area contributed by atoms with E-state index in [1.807, 2.05) is 6.92 Å². The predicted octanol–water partition coefficient (Wildman–Crippen LogP) is 4.10. The minimum atomic E-state index is -0.528. The largest absolute Gasteiger partial charge is 0.378 e. The molecule has 112 valence electrons. The van der Waals surface area contributed by atoms with E-state index in [2.05, 4.69) is 21.2 Å². The molecule has 0 aromatic heterocycles.